The van der Waals surface area contributed by atoms with Crippen LogP contribution in [0.1, 0.15) is 60.8 Å². The quantitative estimate of drug-likeness (QED) is 0.489. The summed E-state index contributed by atoms with van der Waals surface area (Å²) in [6, 6.07) is 0. The Morgan fingerprint density at radius 3 is 1.12 bits per heavy atom. The van der Waals surface area contributed by atoms with Crippen molar-refractivity contribution in [3.05, 3.63) is 0 Å². The predicted octanol–water partition coefficient (Wildman–Crippen LogP) is 6.25. The first-order chi connectivity index (χ1) is 7.79. The topological polar surface area (TPSA) is 0 Å². The molecular weight excluding hydrogens is 327 g/mol. The van der Waals surface area contributed by atoms with Crippen LogP contribution < -0.4 is 0 Å². The van der Waals surface area contributed by atoms with Gasteiger partial charge in [-0.3, -0.25) is 0 Å². The Morgan fingerprint density at radius 1 is 0.765 bits per heavy atom. The maximum atomic E-state index is 2.35. The molecule has 0 aliphatic carbocycles. The molecule has 0 aliphatic heterocycles. The molecule has 0 aromatic heterocycles. The minimum absolute atomic E-state index is 0.0502. The van der Waals surface area contributed by atoms with Crippen LogP contribution >= 0.6 is 0 Å². The van der Waals surface area contributed by atoms with Crippen molar-refractivity contribution in [3.8, 4) is 0 Å². The number of rotatable bonds is 6. The monoisotopic (exact) mass is 364 g/mol. The molecule has 0 rings (SSSR count). The summed E-state index contributed by atoms with van der Waals surface area (Å²) in [7, 11) is -0.0502. The Hall–Kier alpha value is 1.02. The van der Waals surface area contributed by atoms with Gasteiger partial charge in [0.2, 0.25) is 0 Å². The summed E-state index contributed by atoms with van der Waals surface area (Å²) >= 11 is -0.759. The Morgan fingerprint density at radius 2 is 1.00 bits per heavy atom. The van der Waals surface area contributed by atoms with Crippen LogP contribution in [0.25, 0.3) is 0 Å². The molecule has 0 spiro atoms. The first-order valence-electron chi connectivity index (χ1n) is 7.43. The number of hydrogen-bond acceptors (Lipinski definition) is 0. The van der Waals surface area contributed by atoms with E-state index in [0.717, 1.165) is 0 Å². The van der Waals surface area contributed by atoms with E-state index in [1.54, 1.807) is 13.3 Å². The van der Waals surface area contributed by atoms with Crippen molar-refractivity contribution in [2.24, 2.45) is 0 Å². The Labute approximate surface area is 120 Å². The fraction of sp³-hybridized carbons (Fsp3) is 1.00. The molecule has 0 aromatic carbocycles. The molecule has 0 N–H and O–H groups in total. The van der Waals surface area contributed by atoms with E-state index in [-0.39, 0.29) is 8.80 Å². The maximum Gasteiger partial charge on any atom is 0.0470 e. The van der Waals surface area contributed by atoms with Crippen molar-refractivity contribution in [2.75, 3.05) is 0 Å². The average molecular weight is 363 g/mol. The van der Waals surface area contributed by atoms with E-state index >= 15 is 0 Å². The summed E-state index contributed by atoms with van der Waals surface area (Å²) in [4.78, 5) is 0. The first-order valence-corrected chi connectivity index (χ1v) is 16.0. The maximum absolute atomic E-state index is 2.35. The third-order valence-electron chi connectivity index (χ3n) is 3.31. The van der Waals surface area contributed by atoms with Gasteiger partial charge in [0.1, 0.15) is 0 Å². The van der Waals surface area contributed by atoms with Crippen LogP contribution in [-0.2, 0) is 0 Å². The van der Waals surface area contributed by atoms with Gasteiger partial charge in [0.25, 0.3) is 0 Å². The molecule has 0 aromatic rings. The van der Waals surface area contributed by atoms with Crippen molar-refractivity contribution < 1.29 is 0 Å². The molecule has 0 bridgehead atoms. The largest absolute Gasteiger partial charge is 0.0709 e. The third-order valence-corrected chi connectivity index (χ3v) is 16.6. The van der Waals surface area contributed by atoms with E-state index in [0.29, 0.717) is 5.04 Å². The second-order valence-electron chi connectivity index (χ2n) is 6.25. The molecule has 2 heteroatoms. The smallest absolute Gasteiger partial charge is 0.0470 e. The van der Waals surface area contributed by atoms with Gasteiger partial charge in [-0.25, -0.2) is 0 Å². The van der Waals surface area contributed by atoms with Crippen LogP contribution in [0.3, 0.4) is 0 Å². The summed E-state index contributed by atoms with van der Waals surface area (Å²) in [6.45, 7) is 18.6. The minimum atomic E-state index is -0.759. The first kappa shape index (κ1) is 20.3. The molecule has 2 radical (unpaired) electrons. The van der Waals surface area contributed by atoms with E-state index in [4.69, 9.17) is 0 Å². The van der Waals surface area contributed by atoms with E-state index in [1.165, 1.54) is 19.3 Å². The van der Waals surface area contributed by atoms with Crippen molar-refractivity contribution in [3.63, 3.8) is 0 Å². The fourth-order valence-corrected chi connectivity index (χ4v) is 9.63. The van der Waals surface area contributed by atoms with E-state index < -0.39 is 19.8 Å². The van der Waals surface area contributed by atoms with Gasteiger partial charge < -0.3 is 0 Å². The van der Waals surface area contributed by atoms with E-state index in [9.17, 15) is 0 Å². The second-order valence-corrected chi connectivity index (χ2v) is 18.3. The Bertz CT molecular complexity index is 135. The molecular formula is C15H36SiSn. The zero-order valence-corrected chi connectivity index (χ0v) is 17.6. The van der Waals surface area contributed by atoms with Gasteiger partial charge in [0.15, 0.2) is 0 Å². The molecule has 0 amide bonds. The second kappa shape index (κ2) is 12.1. The van der Waals surface area contributed by atoms with Gasteiger partial charge in [-0.1, -0.05) is 33.9 Å². The molecule has 104 valence electrons. The zero-order valence-electron chi connectivity index (χ0n) is 13.7. The Kier molecular flexibility index (Phi) is 14.4. The normalized spacial score (nSPS) is 11.6. The van der Waals surface area contributed by atoms with Crippen molar-refractivity contribution in [2.45, 2.75) is 92.2 Å². The summed E-state index contributed by atoms with van der Waals surface area (Å²) in [6.07, 6.45) is 4.36. The summed E-state index contributed by atoms with van der Waals surface area (Å²) in [5, 5.41) is 0.602. The minimum Gasteiger partial charge on any atom is -0.0709 e. The fourth-order valence-electron chi connectivity index (χ4n) is 1.44. The third kappa shape index (κ3) is 15.0. The van der Waals surface area contributed by atoms with Gasteiger partial charge >= 0.3 is 73.1 Å². The van der Waals surface area contributed by atoms with E-state index in [2.05, 4.69) is 54.6 Å². The summed E-state index contributed by atoms with van der Waals surface area (Å²) in [5.41, 5.74) is 0. The molecule has 0 saturated carbocycles. The molecule has 0 heterocycles. The van der Waals surface area contributed by atoms with Crippen LogP contribution in [0.2, 0.25) is 31.4 Å². The SMILES string of the molecule is CC[CH2][Sn]([CH2]CC)[CH2]CC.C[Si](C)C(C)(C)C. The molecule has 17 heavy (non-hydrogen) atoms. The van der Waals surface area contributed by atoms with Crippen LogP contribution in [0.15, 0.2) is 0 Å². The van der Waals surface area contributed by atoms with Gasteiger partial charge in [-0.15, -0.1) is 0 Å². The van der Waals surface area contributed by atoms with Crippen molar-refractivity contribution >= 4 is 28.6 Å². The van der Waals surface area contributed by atoms with Gasteiger partial charge in [-0.2, -0.15) is 0 Å². The van der Waals surface area contributed by atoms with Crippen LogP contribution in [-0.4, -0.2) is 28.6 Å². The molecule has 0 aliphatic rings. The van der Waals surface area contributed by atoms with Crippen LogP contribution in [0, 0.1) is 0 Å². The predicted molar refractivity (Wildman–Crippen MR) is 88.2 cm³/mol. The van der Waals surface area contributed by atoms with Crippen molar-refractivity contribution in [1.29, 1.82) is 0 Å². The van der Waals surface area contributed by atoms with Crippen molar-refractivity contribution in [1.82, 2.24) is 0 Å². The summed E-state index contributed by atoms with van der Waals surface area (Å²) in [5.74, 6) is 0. The molecule has 0 atom stereocenters. The molecule has 0 fully saturated rings. The van der Waals surface area contributed by atoms with Crippen LogP contribution in [0.5, 0.6) is 0 Å². The summed E-state index contributed by atoms with van der Waals surface area (Å²) < 4.78 is 4.93. The van der Waals surface area contributed by atoms with Gasteiger partial charge in [0.05, 0.1) is 0 Å². The molecule has 0 saturated heterocycles. The molecule has 0 unspecified atom stereocenters. The zero-order chi connectivity index (χ0) is 13.9. The van der Waals surface area contributed by atoms with Gasteiger partial charge in [0, 0.05) is 8.80 Å². The van der Waals surface area contributed by atoms with E-state index in [1.807, 2.05) is 0 Å². The molecule has 0 nitrogen and oxygen atoms in total. The number of hydrogen-bond donors (Lipinski definition) is 0. The van der Waals surface area contributed by atoms with Gasteiger partial charge in [-0.05, 0) is 5.04 Å². The Balaban J connectivity index is 0. The van der Waals surface area contributed by atoms with Crippen LogP contribution in [0.4, 0.5) is 0 Å². The average Bonchev–Trinajstić information content (AvgIpc) is 2.18. The standard InChI is InChI=1S/C6H15Si.3C3H7.Sn/c1-6(2,3)7(4)5;3*1-3-2;/h1-5H3;3*1,3H2,2H3;.